The van der Waals surface area contributed by atoms with Gasteiger partial charge in [-0.1, -0.05) is 6.92 Å². The summed E-state index contributed by atoms with van der Waals surface area (Å²) in [5.74, 6) is -0.353. The Morgan fingerprint density at radius 1 is 1.45 bits per heavy atom. The highest BCUT2D eigenvalue weighted by Gasteiger charge is 2.27. The maximum absolute atomic E-state index is 12.6. The number of benzene rings is 1. The lowest BCUT2D eigenvalue weighted by Gasteiger charge is -2.21. The van der Waals surface area contributed by atoms with Crippen molar-refractivity contribution < 1.29 is 13.2 Å². The van der Waals surface area contributed by atoms with E-state index in [0.717, 1.165) is 4.31 Å². The highest BCUT2D eigenvalue weighted by atomic mass is 79.9. The van der Waals surface area contributed by atoms with Gasteiger partial charge in [0.2, 0.25) is 15.9 Å². The summed E-state index contributed by atoms with van der Waals surface area (Å²) in [5.41, 5.74) is 6.07. The number of halogens is 1. The summed E-state index contributed by atoms with van der Waals surface area (Å²) in [4.78, 5) is 11.6. The molecule has 3 N–H and O–H groups in total. The van der Waals surface area contributed by atoms with Crippen molar-refractivity contribution in [1.29, 1.82) is 0 Å². The molecule has 20 heavy (non-hydrogen) atoms. The molecule has 0 aliphatic carbocycles. The predicted molar refractivity (Wildman–Crippen MR) is 81.7 cm³/mol. The molecule has 6 nitrogen and oxygen atoms in total. The van der Waals surface area contributed by atoms with Gasteiger partial charge in [0.15, 0.2) is 0 Å². The number of rotatable bonds is 6. The number of nitrogens with two attached hydrogens (primary N) is 1. The zero-order valence-electron chi connectivity index (χ0n) is 11.4. The van der Waals surface area contributed by atoms with Gasteiger partial charge < -0.3 is 11.1 Å². The van der Waals surface area contributed by atoms with Crippen LogP contribution in [0.15, 0.2) is 27.6 Å². The molecular formula is C12H18BrN3O3S. The first-order valence-corrected chi connectivity index (χ1v) is 8.32. The summed E-state index contributed by atoms with van der Waals surface area (Å²) < 4.78 is 26.7. The molecule has 0 saturated carbocycles. The fraction of sp³-hybridized carbons (Fsp3) is 0.417. The second kappa shape index (κ2) is 7.05. The van der Waals surface area contributed by atoms with Gasteiger partial charge in [-0.25, -0.2) is 8.42 Å². The maximum atomic E-state index is 12.6. The monoisotopic (exact) mass is 363 g/mol. The van der Waals surface area contributed by atoms with E-state index < -0.39 is 10.0 Å². The van der Waals surface area contributed by atoms with Crippen LogP contribution in [0.4, 0.5) is 5.69 Å². The van der Waals surface area contributed by atoms with E-state index in [-0.39, 0.29) is 23.9 Å². The van der Waals surface area contributed by atoms with Crippen molar-refractivity contribution in [3.05, 3.63) is 22.7 Å². The molecule has 0 aliphatic rings. The Hall–Kier alpha value is -1.12. The van der Waals surface area contributed by atoms with Crippen LogP contribution in [-0.4, -0.2) is 38.8 Å². The molecule has 112 valence electrons. The van der Waals surface area contributed by atoms with Gasteiger partial charge in [0.25, 0.3) is 0 Å². The van der Waals surface area contributed by atoms with Gasteiger partial charge in [0, 0.05) is 23.8 Å². The summed E-state index contributed by atoms with van der Waals surface area (Å²) in [7, 11) is -2.28. The van der Waals surface area contributed by atoms with Crippen LogP contribution in [0.2, 0.25) is 0 Å². The van der Waals surface area contributed by atoms with Gasteiger partial charge in [0.1, 0.15) is 0 Å². The largest absolute Gasteiger partial charge is 0.399 e. The predicted octanol–water partition coefficient (Wildman–Crippen LogP) is 1.18. The van der Waals surface area contributed by atoms with Crippen LogP contribution in [0.5, 0.6) is 0 Å². The fourth-order valence-electron chi connectivity index (χ4n) is 1.64. The molecule has 1 amide bonds. The van der Waals surface area contributed by atoms with E-state index in [0.29, 0.717) is 16.6 Å². The van der Waals surface area contributed by atoms with Crippen molar-refractivity contribution in [2.45, 2.75) is 18.2 Å². The fourth-order valence-corrected chi connectivity index (χ4v) is 4.18. The van der Waals surface area contributed by atoms with Gasteiger partial charge >= 0.3 is 0 Å². The first-order valence-electron chi connectivity index (χ1n) is 6.08. The van der Waals surface area contributed by atoms with Gasteiger partial charge in [0.05, 0.1) is 11.4 Å². The molecule has 1 aromatic rings. The Labute approximate surface area is 127 Å². The number of likely N-dealkylation sites (N-methyl/N-ethyl adjacent to an activating group) is 1. The van der Waals surface area contributed by atoms with E-state index in [4.69, 9.17) is 5.73 Å². The smallest absolute Gasteiger partial charge is 0.244 e. The highest BCUT2D eigenvalue weighted by Crippen LogP contribution is 2.27. The first-order chi connectivity index (χ1) is 9.32. The number of carbonyl (C=O) groups is 1. The molecule has 8 heteroatoms. The summed E-state index contributed by atoms with van der Waals surface area (Å²) >= 11 is 3.20. The number of hydrogen-bond donors (Lipinski definition) is 2. The molecule has 0 aromatic heterocycles. The molecule has 0 spiro atoms. The lowest BCUT2D eigenvalue weighted by atomic mass is 10.3. The molecule has 1 aromatic carbocycles. The van der Waals surface area contributed by atoms with Crippen LogP contribution >= 0.6 is 15.9 Å². The number of nitrogen functional groups attached to an aromatic ring is 1. The lowest BCUT2D eigenvalue weighted by Crippen LogP contribution is -2.40. The van der Waals surface area contributed by atoms with E-state index in [2.05, 4.69) is 21.2 Å². The average Bonchev–Trinajstić information content (AvgIpc) is 2.37. The van der Waals surface area contributed by atoms with E-state index in [1.54, 1.807) is 0 Å². The second-order valence-corrected chi connectivity index (χ2v) is 6.96. The van der Waals surface area contributed by atoms with Crippen LogP contribution in [0.25, 0.3) is 0 Å². The number of sulfonamides is 1. The standard InChI is InChI=1S/C12H18BrN3O3S/c1-3-6-16(8-12(17)15-2)20(18,19)11-5-4-9(14)7-10(11)13/h4-5,7H,3,6,8,14H2,1-2H3,(H,15,17). The Balaban J connectivity index is 3.18. The van der Waals surface area contributed by atoms with Gasteiger partial charge in [-0.3, -0.25) is 4.79 Å². The van der Waals surface area contributed by atoms with Gasteiger partial charge in [-0.05, 0) is 40.5 Å². The minimum atomic E-state index is -3.75. The average molecular weight is 364 g/mol. The van der Waals surface area contributed by atoms with Crippen molar-refractivity contribution >= 4 is 37.5 Å². The van der Waals surface area contributed by atoms with Crippen LogP contribution < -0.4 is 11.1 Å². The number of anilines is 1. The summed E-state index contributed by atoms with van der Waals surface area (Å²) in [6, 6.07) is 4.47. The Morgan fingerprint density at radius 3 is 2.60 bits per heavy atom. The van der Waals surface area contributed by atoms with Crippen molar-refractivity contribution in [3.8, 4) is 0 Å². The first kappa shape index (κ1) is 16.9. The van der Waals surface area contributed by atoms with Crippen LogP contribution in [0.3, 0.4) is 0 Å². The van der Waals surface area contributed by atoms with E-state index in [9.17, 15) is 13.2 Å². The van der Waals surface area contributed by atoms with E-state index >= 15 is 0 Å². The molecular weight excluding hydrogens is 346 g/mol. The van der Waals surface area contributed by atoms with Gasteiger partial charge in [-0.2, -0.15) is 4.31 Å². The Bertz CT molecular complexity index is 590. The summed E-state index contributed by atoms with van der Waals surface area (Å²) in [6.45, 7) is 1.92. The highest BCUT2D eigenvalue weighted by molar-refractivity contribution is 9.10. The molecule has 0 aliphatic heterocycles. The number of nitrogens with one attached hydrogen (secondary N) is 1. The Kier molecular flexibility index (Phi) is 5.97. The third kappa shape index (κ3) is 3.94. The van der Waals surface area contributed by atoms with Gasteiger partial charge in [-0.15, -0.1) is 0 Å². The maximum Gasteiger partial charge on any atom is 0.244 e. The number of amides is 1. The number of nitrogens with zero attached hydrogens (tertiary/aromatic N) is 1. The SMILES string of the molecule is CCCN(CC(=O)NC)S(=O)(=O)c1ccc(N)cc1Br. The van der Waals surface area contributed by atoms with Crippen LogP contribution in [-0.2, 0) is 14.8 Å². The second-order valence-electron chi connectivity index (χ2n) is 4.20. The molecule has 0 fully saturated rings. The molecule has 0 atom stereocenters. The third-order valence-electron chi connectivity index (χ3n) is 2.65. The minimum Gasteiger partial charge on any atom is -0.399 e. The molecule has 0 radical (unpaired) electrons. The third-order valence-corrected chi connectivity index (χ3v) is 5.47. The normalized spacial score (nSPS) is 11.6. The van der Waals surface area contributed by atoms with Crippen molar-refractivity contribution in [3.63, 3.8) is 0 Å². The van der Waals surface area contributed by atoms with Crippen molar-refractivity contribution in [2.75, 3.05) is 25.9 Å². The molecule has 0 bridgehead atoms. The zero-order valence-corrected chi connectivity index (χ0v) is 13.8. The molecule has 0 saturated heterocycles. The quantitative estimate of drug-likeness (QED) is 0.742. The number of hydrogen-bond acceptors (Lipinski definition) is 4. The molecule has 0 unspecified atom stereocenters. The Morgan fingerprint density at radius 2 is 2.10 bits per heavy atom. The van der Waals surface area contributed by atoms with Crippen molar-refractivity contribution in [2.24, 2.45) is 0 Å². The van der Waals surface area contributed by atoms with E-state index in [1.165, 1.54) is 25.2 Å². The molecule has 1 rings (SSSR count). The lowest BCUT2D eigenvalue weighted by molar-refractivity contribution is -0.120. The zero-order chi connectivity index (χ0) is 15.3. The molecule has 0 heterocycles. The number of carbonyl (C=O) groups excluding carboxylic acids is 1. The van der Waals surface area contributed by atoms with Crippen molar-refractivity contribution in [1.82, 2.24) is 9.62 Å². The topological polar surface area (TPSA) is 92.5 Å². The summed E-state index contributed by atoms with van der Waals surface area (Å²) in [5, 5.41) is 2.42. The van der Waals surface area contributed by atoms with Crippen LogP contribution in [0.1, 0.15) is 13.3 Å². The summed E-state index contributed by atoms with van der Waals surface area (Å²) in [6.07, 6.45) is 0.614. The van der Waals surface area contributed by atoms with E-state index in [1.807, 2.05) is 6.92 Å². The minimum absolute atomic E-state index is 0.101. The van der Waals surface area contributed by atoms with Crippen LogP contribution in [0, 0.1) is 0 Å².